The number of hydrogen-bond acceptors (Lipinski definition) is 3. The van der Waals surface area contributed by atoms with E-state index >= 15 is 0 Å². The van der Waals surface area contributed by atoms with Crippen LogP contribution in [0.2, 0.25) is 0 Å². The van der Waals surface area contributed by atoms with E-state index in [1.165, 1.54) is 17.5 Å². The first-order chi connectivity index (χ1) is 10.1. The standard InChI is InChI=1S/C18H32N2O/c1-5-11-19-14-16(2)18-9-7-17(8-10-18)15-21-13-6-12-20(3)4/h7-10,16,19H,5-6,11-15H2,1-4H3. The third-order valence-electron chi connectivity index (χ3n) is 3.59. The number of rotatable bonds is 11. The van der Waals surface area contributed by atoms with Crippen LogP contribution in [0.25, 0.3) is 0 Å². The summed E-state index contributed by atoms with van der Waals surface area (Å²) in [7, 11) is 4.19. The summed E-state index contributed by atoms with van der Waals surface area (Å²) in [6.45, 7) is 9.26. The molecule has 1 aromatic rings. The van der Waals surface area contributed by atoms with E-state index in [1.807, 2.05) is 0 Å². The minimum absolute atomic E-state index is 0.562. The Morgan fingerprint density at radius 1 is 1.19 bits per heavy atom. The fourth-order valence-electron chi connectivity index (χ4n) is 2.23. The van der Waals surface area contributed by atoms with Crippen molar-refractivity contribution in [2.75, 3.05) is 40.3 Å². The molecule has 0 bridgehead atoms. The van der Waals surface area contributed by atoms with Gasteiger partial charge in [0, 0.05) is 13.2 Å². The van der Waals surface area contributed by atoms with E-state index in [1.54, 1.807) is 0 Å². The van der Waals surface area contributed by atoms with Gasteiger partial charge in [-0.1, -0.05) is 38.1 Å². The molecule has 0 fully saturated rings. The highest BCUT2D eigenvalue weighted by molar-refractivity contribution is 5.24. The molecule has 3 nitrogen and oxygen atoms in total. The zero-order valence-electron chi connectivity index (χ0n) is 14.2. The molecule has 120 valence electrons. The lowest BCUT2D eigenvalue weighted by Crippen LogP contribution is -2.20. The molecule has 21 heavy (non-hydrogen) atoms. The molecule has 0 aliphatic heterocycles. The molecule has 1 atom stereocenters. The van der Waals surface area contributed by atoms with Crippen molar-refractivity contribution in [2.45, 2.75) is 39.2 Å². The van der Waals surface area contributed by atoms with Gasteiger partial charge in [0.05, 0.1) is 6.61 Å². The monoisotopic (exact) mass is 292 g/mol. The Labute approximate surface area is 130 Å². The zero-order valence-corrected chi connectivity index (χ0v) is 14.2. The summed E-state index contributed by atoms with van der Waals surface area (Å²) in [6.07, 6.45) is 2.28. The molecule has 0 radical (unpaired) electrons. The van der Waals surface area contributed by atoms with Crippen molar-refractivity contribution in [2.24, 2.45) is 0 Å². The van der Waals surface area contributed by atoms with Crippen LogP contribution in [0.15, 0.2) is 24.3 Å². The molecular weight excluding hydrogens is 260 g/mol. The van der Waals surface area contributed by atoms with Crippen molar-refractivity contribution in [1.82, 2.24) is 10.2 Å². The summed E-state index contributed by atoms with van der Waals surface area (Å²) in [5.74, 6) is 0.562. The average Bonchev–Trinajstić information content (AvgIpc) is 2.47. The van der Waals surface area contributed by atoms with Gasteiger partial charge < -0.3 is 15.0 Å². The van der Waals surface area contributed by atoms with Crippen molar-refractivity contribution in [3.63, 3.8) is 0 Å². The SMILES string of the molecule is CCCNCC(C)c1ccc(COCCCN(C)C)cc1. The van der Waals surface area contributed by atoms with Crippen LogP contribution >= 0.6 is 0 Å². The van der Waals surface area contributed by atoms with Gasteiger partial charge in [-0.15, -0.1) is 0 Å². The van der Waals surface area contributed by atoms with Crippen molar-refractivity contribution in [3.05, 3.63) is 35.4 Å². The molecule has 1 aromatic carbocycles. The van der Waals surface area contributed by atoms with Crippen LogP contribution in [0.3, 0.4) is 0 Å². The maximum atomic E-state index is 5.71. The molecule has 0 spiro atoms. The second-order valence-corrected chi connectivity index (χ2v) is 6.06. The van der Waals surface area contributed by atoms with Crippen LogP contribution in [-0.2, 0) is 11.3 Å². The molecule has 0 saturated carbocycles. The van der Waals surface area contributed by atoms with E-state index in [-0.39, 0.29) is 0 Å². The van der Waals surface area contributed by atoms with Crippen LogP contribution in [0.4, 0.5) is 0 Å². The summed E-state index contributed by atoms with van der Waals surface area (Å²) in [4.78, 5) is 2.19. The van der Waals surface area contributed by atoms with Crippen LogP contribution in [0.5, 0.6) is 0 Å². The predicted molar refractivity (Wildman–Crippen MR) is 90.8 cm³/mol. The lowest BCUT2D eigenvalue weighted by atomic mass is 10.00. The molecule has 1 unspecified atom stereocenters. The fraction of sp³-hybridized carbons (Fsp3) is 0.667. The second kappa shape index (κ2) is 10.8. The Kier molecular flexibility index (Phi) is 9.31. The summed E-state index contributed by atoms with van der Waals surface area (Å²) in [5, 5.41) is 3.48. The molecule has 0 heterocycles. The second-order valence-electron chi connectivity index (χ2n) is 6.06. The van der Waals surface area contributed by atoms with Crippen LogP contribution < -0.4 is 5.32 Å². The minimum atomic E-state index is 0.562. The van der Waals surface area contributed by atoms with Gasteiger partial charge in [-0.2, -0.15) is 0 Å². The maximum Gasteiger partial charge on any atom is 0.0716 e. The van der Waals surface area contributed by atoms with Gasteiger partial charge in [-0.05, 0) is 57.1 Å². The molecule has 0 aromatic heterocycles. The molecule has 3 heteroatoms. The molecule has 0 aliphatic rings. The summed E-state index contributed by atoms with van der Waals surface area (Å²) in [5.41, 5.74) is 2.66. The van der Waals surface area contributed by atoms with Gasteiger partial charge in [0.2, 0.25) is 0 Å². The highest BCUT2D eigenvalue weighted by atomic mass is 16.5. The van der Waals surface area contributed by atoms with E-state index in [9.17, 15) is 0 Å². The fourth-order valence-corrected chi connectivity index (χ4v) is 2.23. The molecule has 0 aliphatic carbocycles. The van der Waals surface area contributed by atoms with Gasteiger partial charge in [-0.25, -0.2) is 0 Å². The highest BCUT2D eigenvalue weighted by Gasteiger charge is 2.04. The van der Waals surface area contributed by atoms with Gasteiger partial charge >= 0.3 is 0 Å². The Hall–Kier alpha value is -0.900. The minimum Gasteiger partial charge on any atom is -0.377 e. The van der Waals surface area contributed by atoms with Crippen LogP contribution in [0.1, 0.15) is 43.7 Å². The van der Waals surface area contributed by atoms with Crippen LogP contribution in [0, 0.1) is 0 Å². The number of nitrogens with one attached hydrogen (secondary N) is 1. The molecule has 0 saturated heterocycles. The van der Waals surface area contributed by atoms with Crippen LogP contribution in [-0.4, -0.2) is 45.2 Å². The number of ether oxygens (including phenoxy) is 1. The number of benzene rings is 1. The Morgan fingerprint density at radius 2 is 1.90 bits per heavy atom. The number of hydrogen-bond donors (Lipinski definition) is 1. The Balaban J connectivity index is 2.26. The third kappa shape index (κ3) is 8.20. The van der Waals surface area contributed by atoms with Gasteiger partial charge in [-0.3, -0.25) is 0 Å². The van der Waals surface area contributed by atoms with Gasteiger partial charge in [0.1, 0.15) is 0 Å². The van der Waals surface area contributed by atoms with E-state index in [2.05, 4.69) is 62.4 Å². The normalized spacial score (nSPS) is 12.8. The predicted octanol–water partition coefficient (Wildman–Crippen LogP) is 3.26. The molecule has 1 N–H and O–H groups in total. The topological polar surface area (TPSA) is 24.5 Å². The van der Waals surface area contributed by atoms with Crippen molar-refractivity contribution >= 4 is 0 Å². The van der Waals surface area contributed by atoms with Crippen molar-refractivity contribution in [3.8, 4) is 0 Å². The first-order valence-electron chi connectivity index (χ1n) is 8.15. The summed E-state index contributed by atoms with van der Waals surface area (Å²) < 4.78 is 5.71. The molecule has 1 rings (SSSR count). The molecule has 0 amide bonds. The first-order valence-corrected chi connectivity index (χ1v) is 8.15. The largest absolute Gasteiger partial charge is 0.377 e. The summed E-state index contributed by atoms with van der Waals surface area (Å²) in [6, 6.07) is 8.85. The quantitative estimate of drug-likeness (QED) is 0.634. The number of nitrogens with zero attached hydrogens (tertiary/aromatic N) is 1. The Bertz CT molecular complexity index is 362. The Morgan fingerprint density at radius 3 is 2.52 bits per heavy atom. The van der Waals surface area contributed by atoms with Crippen molar-refractivity contribution in [1.29, 1.82) is 0 Å². The third-order valence-corrected chi connectivity index (χ3v) is 3.59. The molecular formula is C18H32N2O. The average molecular weight is 292 g/mol. The van der Waals surface area contributed by atoms with Gasteiger partial charge in [0.15, 0.2) is 0 Å². The lowest BCUT2D eigenvalue weighted by Gasteiger charge is -2.13. The van der Waals surface area contributed by atoms with Crippen molar-refractivity contribution < 1.29 is 4.74 Å². The van der Waals surface area contributed by atoms with Gasteiger partial charge in [0.25, 0.3) is 0 Å². The smallest absolute Gasteiger partial charge is 0.0716 e. The van der Waals surface area contributed by atoms with E-state index in [0.29, 0.717) is 5.92 Å². The van der Waals surface area contributed by atoms with E-state index in [4.69, 9.17) is 4.74 Å². The lowest BCUT2D eigenvalue weighted by molar-refractivity contribution is 0.113. The maximum absolute atomic E-state index is 5.71. The zero-order chi connectivity index (χ0) is 15.5. The first kappa shape index (κ1) is 18.1. The van der Waals surface area contributed by atoms with E-state index in [0.717, 1.165) is 39.3 Å². The highest BCUT2D eigenvalue weighted by Crippen LogP contribution is 2.15. The summed E-state index contributed by atoms with van der Waals surface area (Å²) >= 11 is 0. The van der Waals surface area contributed by atoms with E-state index < -0.39 is 0 Å².